The van der Waals surface area contributed by atoms with Crippen LogP contribution in [0.15, 0.2) is 42.5 Å². The van der Waals surface area contributed by atoms with Crippen molar-refractivity contribution in [2.45, 2.75) is 37.7 Å². The molecule has 2 aromatic rings. The fourth-order valence-corrected chi connectivity index (χ4v) is 4.10. The van der Waals surface area contributed by atoms with Crippen molar-refractivity contribution in [1.82, 2.24) is 5.32 Å². The minimum atomic E-state index is -0.345. The van der Waals surface area contributed by atoms with Gasteiger partial charge in [0.15, 0.2) is 0 Å². The summed E-state index contributed by atoms with van der Waals surface area (Å²) in [7, 11) is 0. The molecule has 1 spiro atoms. The molecule has 26 heavy (non-hydrogen) atoms. The minimum absolute atomic E-state index is 0.135. The second kappa shape index (κ2) is 6.65. The Hall–Kier alpha value is -2.53. The number of hydrogen-bond donors (Lipinski definition) is 2. The number of nitrogens with one attached hydrogen (secondary N) is 1. The van der Waals surface area contributed by atoms with E-state index in [0.717, 1.165) is 49.2 Å². The number of ether oxygens (including phenoxy) is 2. The van der Waals surface area contributed by atoms with Crippen LogP contribution in [0.1, 0.15) is 43.2 Å². The van der Waals surface area contributed by atoms with Gasteiger partial charge in [-0.15, -0.1) is 0 Å². The number of carbonyl (C=O) groups is 1. The summed E-state index contributed by atoms with van der Waals surface area (Å²) < 4.78 is 11.7. The summed E-state index contributed by atoms with van der Waals surface area (Å²) in [5.74, 6) is 1.32. The van der Waals surface area contributed by atoms with Crippen molar-refractivity contribution in [3.8, 4) is 17.2 Å². The third-order valence-electron chi connectivity index (χ3n) is 5.31. The molecule has 0 aromatic heterocycles. The van der Waals surface area contributed by atoms with Gasteiger partial charge in [-0.05, 0) is 56.1 Å². The van der Waals surface area contributed by atoms with Crippen molar-refractivity contribution in [2.75, 3.05) is 13.1 Å². The summed E-state index contributed by atoms with van der Waals surface area (Å²) in [5.41, 5.74) is 1.91. The van der Waals surface area contributed by atoms with Crippen LogP contribution in [0.5, 0.6) is 17.2 Å². The first-order chi connectivity index (χ1) is 12.5. The number of phenolic OH excluding ortho intramolecular Hbond substituents is 1. The molecular formula is C21H23NO4. The Labute approximate surface area is 152 Å². The van der Waals surface area contributed by atoms with E-state index in [0.29, 0.717) is 5.75 Å². The van der Waals surface area contributed by atoms with E-state index in [1.165, 1.54) is 6.92 Å². The number of hydrogen-bond acceptors (Lipinski definition) is 5. The Morgan fingerprint density at radius 2 is 2.04 bits per heavy atom. The smallest absolute Gasteiger partial charge is 0.308 e. The van der Waals surface area contributed by atoms with Gasteiger partial charge in [-0.1, -0.05) is 18.2 Å². The monoisotopic (exact) mass is 353 g/mol. The zero-order valence-electron chi connectivity index (χ0n) is 14.8. The van der Waals surface area contributed by atoms with Crippen LogP contribution in [-0.4, -0.2) is 29.8 Å². The lowest BCUT2D eigenvalue weighted by Crippen LogP contribution is -2.49. The predicted molar refractivity (Wildman–Crippen MR) is 97.8 cm³/mol. The number of carbonyl (C=O) groups excluding carboxylic acids is 1. The largest absolute Gasteiger partial charge is 0.508 e. The van der Waals surface area contributed by atoms with Gasteiger partial charge in [-0.25, -0.2) is 0 Å². The van der Waals surface area contributed by atoms with E-state index in [1.807, 2.05) is 30.3 Å². The molecule has 5 heteroatoms. The zero-order valence-corrected chi connectivity index (χ0v) is 14.8. The van der Waals surface area contributed by atoms with Gasteiger partial charge in [0.1, 0.15) is 22.8 Å². The van der Waals surface area contributed by atoms with E-state index < -0.39 is 0 Å². The van der Waals surface area contributed by atoms with Crippen LogP contribution < -0.4 is 14.8 Å². The maximum atomic E-state index is 11.3. The summed E-state index contributed by atoms with van der Waals surface area (Å²) in [6.07, 6.45) is 2.73. The third-order valence-corrected chi connectivity index (χ3v) is 5.31. The average Bonchev–Trinajstić information content (AvgIpc) is 2.61. The van der Waals surface area contributed by atoms with E-state index in [4.69, 9.17) is 9.47 Å². The van der Waals surface area contributed by atoms with E-state index in [9.17, 15) is 9.90 Å². The molecule has 2 aromatic carbocycles. The Bertz CT molecular complexity index is 827. The van der Waals surface area contributed by atoms with Crippen molar-refractivity contribution in [2.24, 2.45) is 0 Å². The van der Waals surface area contributed by atoms with Crippen LogP contribution in [0.3, 0.4) is 0 Å². The number of esters is 1. The second-order valence-corrected chi connectivity index (χ2v) is 7.18. The number of benzene rings is 2. The molecule has 1 atom stereocenters. The molecule has 1 unspecified atom stereocenters. The lowest BCUT2D eigenvalue weighted by Gasteiger charge is -2.45. The first-order valence-electron chi connectivity index (χ1n) is 9.06. The lowest BCUT2D eigenvalue weighted by molar-refractivity contribution is -0.131. The maximum absolute atomic E-state index is 11.3. The highest BCUT2D eigenvalue weighted by atomic mass is 16.5. The predicted octanol–water partition coefficient (Wildman–Crippen LogP) is 3.35. The van der Waals surface area contributed by atoms with Gasteiger partial charge in [-0.2, -0.15) is 0 Å². The minimum Gasteiger partial charge on any atom is -0.508 e. The van der Waals surface area contributed by atoms with Crippen LogP contribution in [0.25, 0.3) is 0 Å². The summed E-state index contributed by atoms with van der Waals surface area (Å²) in [6, 6.07) is 13.0. The summed E-state index contributed by atoms with van der Waals surface area (Å²) in [4.78, 5) is 11.3. The lowest BCUT2D eigenvalue weighted by atomic mass is 9.75. The molecule has 4 rings (SSSR count). The Morgan fingerprint density at radius 1 is 1.23 bits per heavy atom. The van der Waals surface area contributed by atoms with Gasteiger partial charge in [0, 0.05) is 24.5 Å². The molecule has 2 aliphatic rings. The molecule has 0 saturated carbocycles. The second-order valence-electron chi connectivity index (χ2n) is 7.18. The average molecular weight is 353 g/mol. The molecule has 2 heterocycles. The first-order valence-corrected chi connectivity index (χ1v) is 9.06. The molecule has 0 aliphatic carbocycles. The van der Waals surface area contributed by atoms with Gasteiger partial charge in [0.05, 0.1) is 0 Å². The normalized spacial score (nSPS) is 20.9. The first kappa shape index (κ1) is 16.9. The molecule has 0 radical (unpaired) electrons. The van der Waals surface area contributed by atoms with Crippen molar-refractivity contribution < 1.29 is 19.4 Å². The van der Waals surface area contributed by atoms with Crippen LogP contribution in [-0.2, 0) is 4.79 Å². The van der Waals surface area contributed by atoms with Crippen molar-refractivity contribution >= 4 is 5.97 Å². The molecule has 0 bridgehead atoms. The molecule has 5 nitrogen and oxygen atoms in total. The zero-order chi connectivity index (χ0) is 18.1. The Balaban J connectivity index is 1.77. The van der Waals surface area contributed by atoms with Crippen molar-refractivity contribution in [3.05, 3.63) is 53.6 Å². The SMILES string of the molecule is CC(=O)Oc1ccc2c(c1)OC1(CCNCC1)CC2c1cccc(O)c1. The maximum Gasteiger partial charge on any atom is 0.308 e. The van der Waals surface area contributed by atoms with Gasteiger partial charge < -0.3 is 19.9 Å². The van der Waals surface area contributed by atoms with Crippen molar-refractivity contribution in [3.63, 3.8) is 0 Å². The van der Waals surface area contributed by atoms with E-state index in [2.05, 4.69) is 5.32 Å². The molecule has 136 valence electrons. The molecule has 1 saturated heterocycles. The van der Waals surface area contributed by atoms with Crippen LogP contribution in [0, 0.1) is 0 Å². The van der Waals surface area contributed by atoms with E-state index in [-0.39, 0.29) is 23.2 Å². The van der Waals surface area contributed by atoms with E-state index in [1.54, 1.807) is 12.1 Å². The van der Waals surface area contributed by atoms with Gasteiger partial charge in [0.25, 0.3) is 0 Å². The molecular weight excluding hydrogens is 330 g/mol. The topological polar surface area (TPSA) is 67.8 Å². The Morgan fingerprint density at radius 3 is 2.77 bits per heavy atom. The third kappa shape index (κ3) is 3.27. The van der Waals surface area contributed by atoms with Gasteiger partial charge >= 0.3 is 5.97 Å². The van der Waals surface area contributed by atoms with Crippen LogP contribution in [0.4, 0.5) is 0 Å². The fourth-order valence-electron chi connectivity index (χ4n) is 4.10. The van der Waals surface area contributed by atoms with E-state index >= 15 is 0 Å². The highest BCUT2D eigenvalue weighted by Gasteiger charge is 2.42. The number of phenols is 1. The highest BCUT2D eigenvalue weighted by Crippen LogP contribution is 2.48. The summed E-state index contributed by atoms with van der Waals surface area (Å²) in [5, 5.41) is 13.3. The number of fused-ring (bicyclic) bond motifs is 1. The molecule has 2 N–H and O–H groups in total. The quantitative estimate of drug-likeness (QED) is 0.640. The summed E-state index contributed by atoms with van der Waals surface area (Å²) in [6.45, 7) is 3.24. The molecule has 2 aliphatic heterocycles. The van der Waals surface area contributed by atoms with Gasteiger partial charge in [-0.3, -0.25) is 4.79 Å². The van der Waals surface area contributed by atoms with Gasteiger partial charge in [0.2, 0.25) is 0 Å². The Kier molecular flexibility index (Phi) is 4.32. The molecule has 0 amide bonds. The molecule has 1 fully saturated rings. The van der Waals surface area contributed by atoms with Crippen molar-refractivity contribution in [1.29, 1.82) is 0 Å². The van der Waals surface area contributed by atoms with Crippen LogP contribution >= 0.6 is 0 Å². The standard InChI is InChI=1S/C21H23NO4/c1-14(23)25-17-5-6-18-19(15-3-2-4-16(24)11-15)13-21(26-20(18)12-17)7-9-22-10-8-21/h2-6,11-12,19,22,24H,7-10,13H2,1H3. The number of rotatable bonds is 2. The number of piperidine rings is 1. The summed E-state index contributed by atoms with van der Waals surface area (Å²) >= 11 is 0. The van der Waals surface area contributed by atoms with Crippen LogP contribution in [0.2, 0.25) is 0 Å². The number of aromatic hydroxyl groups is 1. The fraction of sp³-hybridized carbons (Fsp3) is 0.381. The highest BCUT2D eigenvalue weighted by molar-refractivity contribution is 5.69.